The summed E-state index contributed by atoms with van der Waals surface area (Å²) in [5, 5.41) is 9.77. The number of hydrogen-bond donors (Lipinski definition) is 2. The summed E-state index contributed by atoms with van der Waals surface area (Å²) in [6.07, 6.45) is 6.17. The maximum absolute atomic E-state index is 12.1. The second kappa shape index (κ2) is 8.35. The third kappa shape index (κ3) is 5.59. The van der Waals surface area contributed by atoms with Gasteiger partial charge in [-0.3, -0.25) is 0 Å². The van der Waals surface area contributed by atoms with Crippen LogP contribution in [0.1, 0.15) is 33.6 Å². The fourth-order valence-corrected chi connectivity index (χ4v) is 3.39. The van der Waals surface area contributed by atoms with E-state index in [2.05, 4.69) is 29.6 Å². The summed E-state index contributed by atoms with van der Waals surface area (Å²) in [6.45, 7) is 6.26. The molecule has 0 aliphatic heterocycles. The fraction of sp³-hybridized carbons (Fsp3) is 0.444. The lowest BCUT2D eigenvalue weighted by molar-refractivity contribution is 0.248. The van der Waals surface area contributed by atoms with Crippen molar-refractivity contribution in [1.29, 1.82) is 0 Å². The van der Waals surface area contributed by atoms with Crippen molar-refractivity contribution in [3.63, 3.8) is 0 Å². The number of urea groups is 1. The van der Waals surface area contributed by atoms with E-state index in [4.69, 9.17) is 0 Å². The largest absolute Gasteiger partial charge is 0.335 e. The van der Waals surface area contributed by atoms with Gasteiger partial charge in [-0.15, -0.1) is 0 Å². The van der Waals surface area contributed by atoms with Gasteiger partial charge in [0.05, 0.1) is 28.7 Å². The molecular weight excluding hydrogens is 352 g/mol. The lowest BCUT2D eigenvalue weighted by Crippen LogP contribution is -2.36. The van der Waals surface area contributed by atoms with Crippen LogP contribution >= 0.6 is 0 Å². The summed E-state index contributed by atoms with van der Waals surface area (Å²) in [4.78, 5) is 12.3. The highest BCUT2D eigenvalue weighted by molar-refractivity contribution is 7.90. The summed E-state index contributed by atoms with van der Waals surface area (Å²) in [7, 11) is -3.39. The van der Waals surface area contributed by atoms with Crippen LogP contribution in [0.15, 0.2) is 41.6 Å². The number of sulfone groups is 1. The van der Waals surface area contributed by atoms with Crippen molar-refractivity contribution in [2.75, 3.05) is 11.6 Å². The quantitative estimate of drug-likeness (QED) is 0.773. The molecule has 1 aromatic carbocycles. The van der Waals surface area contributed by atoms with Gasteiger partial charge >= 0.3 is 6.03 Å². The molecule has 0 bridgehead atoms. The first kappa shape index (κ1) is 20.0. The highest BCUT2D eigenvalue weighted by atomic mass is 32.2. The van der Waals surface area contributed by atoms with Crippen molar-refractivity contribution in [2.45, 2.75) is 44.6 Å². The smallest absolute Gasteiger partial charge is 0.319 e. The van der Waals surface area contributed by atoms with Crippen LogP contribution in [0.4, 0.5) is 10.5 Å². The molecule has 0 fully saturated rings. The van der Waals surface area contributed by atoms with Crippen LogP contribution in [0.25, 0.3) is 5.69 Å². The highest BCUT2D eigenvalue weighted by Gasteiger charge is 2.15. The van der Waals surface area contributed by atoms with Crippen molar-refractivity contribution >= 4 is 21.6 Å². The number of aromatic nitrogens is 2. The molecule has 1 aromatic heterocycles. The molecule has 0 saturated heterocycles. The Kier molecular flexibility index (Phi) is 6.42. The summed E-state index contributed by atoms with van der Waals surface area (Å²) in [6, 6.07) is 6.36. The Labute approximate surface area is 154 Å². The first-order chi connectivity index (χ1) is 12.2. The molecular formula is C18H26N4O3S. The van der Waals surface area contributed by atoms with Crippen LogP contribution in [0, 0.1) is 5.92 Å². The van der Waals surface area contributed by atoms with Gasteiger partial charge in [0, 0.05) is 12.3 Å². The van der Waals surface area contributed by atoms with Crippen molar-refractivity contribution in [2.24, 2.45) is 5.92 Å². The van der Waals surface area contributed by atoms with E-state index in [-0.39, 0.29) is 17.0 Å². The van der Waals surface area contributed by atoms with Gasteiger partial charge in [-0.05, 0) is 37.8 Å². The topological polar surface area (TPSA) is 93.1 Å². The maximum atomic E-state index is 12.1. The van der Waals surface area contributed by atoms with E-state index in [9.17, 15) is 13.2 Å². The predicted octanol–water partition coefficient (Wildman–Crippen LogP) is 3.22. The zero-order valence-electron chi connectivity index (χ0n) is 15.6. The Morgan fingerprint density at radius 3 is 2.54 bits per heavy atom. The van der Waals surface area contributed by atoms with E-state index >= 15 is 0 Å². The first-order valence-electron chi connectivity index (χ1n) is 8.58. The Hall–Kier alpha value is -2.35. The van der Waals surface area contributed by atoms with Crippen LogP contribution < -0.4 is 10.6 Å². The van der Waals surface area contributed by atoms with E-state index in [1.165, 1.54) is 16.9 Å². The van der Waals surface area contributed by atoms with Gasteiger partial charge in [0.15, 0.2) is 9.84 Å². The molecule has 8 heteroatoms. The molecule has 2 amide bonds. The van der Waals surface area contributed by atoms with E-state index in [0.717, 1.165) is 19.1 Å². The van der Waals surface area contributed by atoms with Gasteiger partial charge in [0.1, 0.15) is 0 Å². The molecule has 0 spiro atoms. The van der Waals surface area contributed by atoms with Crippen LogP contribution in [0.2, 0.25) is 0 Å². The Bertz CT molecular complexity index is 859. The summed E-state index contributed by atoms with van der Waals surface area (Å²) < 4.78 is 25.3. The number of nitrogens with zero attached hydrogens (tertiary/aromatic N) is 2. The van der Waals surface area contributed by atoms with Crippen LogP contribution in [0.5, 0.6) is 0 Å². The summed E-state index contributed by atoms with van der Waals surface area (Å²) >= 11 is 0. The Morgan fingerprint density at radius 2 is 1.88 bits per heavy atom. The fourth-order valence-electron chi connectivity index (χ4n) is 2.53. The molecule has 0 aliphatic rings. The minimum Gasteiger partial charge on any atom is -0.335 e. The van der Waals surface area contributed by atoms with Gasteiger partial charge in [-0.2, -0.15) is 5.10 Å². The number of amides is 2. The van der Waals surface area contributed by atoms with Crippen molar-refractivity contribution in [1.82, 2.24) is 15.1 Å². The monoisotopic (exact) mass is 378 g/mol. The molecule has 2 rings (SSSR count). The zero-order valence-corrected chi connectivity index (χ0v) is 16.4. The van der Waals surface area contributed by atoms with Gasteiger partial charge in [-0.1, -0.05) is 26.0 Å². The minimum absolute atomic E-state index is 0.0680. The zero-order chi connectivity index (χ0) is 19.3. The van der Waals surface area contributed by atoms with Crippen molar-refractivity contribution in [3.8, 4) is 5.69 Å². The average Bonchev–Trinajstić information content (AvgIpc) is 3.00. The summed E-state index contributed by atoms with van der Waals surface area (Å²) in [5.74, 6) is 0.593. The van der Waals surface area contributed by atoms with Gasteiger partial charge < -0.3 is 10.6 Å². The maximum Gasteiger partial charge on any atom is 0.319 e. The number of anilines is 1. The molecule has 2 N–H and O–H groups in total. The molecule has 0 radical (unpaired) electrons. The molecule has 26 heavy (non-hydrogen) atoms. The normalized spacial score (nSPS) is 12.8. The SMILES string of the molecule is CC(C)CCC(C)NC(=O)Nc1cnn(-c2ccccc2S(C)(=O)=O)c1. The molecule has 1 atom stereocenters. The van der Waals surface area contributed by atoms with Gasteiger partial charge in [-0.25, -0.2) is 17.9 Å². The number of hydrogen-bond acceptors (Lipinski definition) is 4. The lowest BCUT2D eigenvalue weighted by Gasteiger charge is -2.15. The molecule has 2 aromatic rings. The van der Waals surface area contributed by atoms with Gasteiger partial charge in [0.25, 0.3) is 0 Å². The highest BCUT2D eigenvalue weighted by Crippen LogP contribution is 2.20. The van der Waals surface area contributed by atoms with E-state index in [1.54, 1.807) is 24.4 Å². The lowest BCUT2D eigenvalue weighted by atomic mass is 10.0. The van der Waals surface area contributed by atoms with E-state index in [0.29, 0.717) is 17.3 Å². The van der Waals surface area contributed by atoms with Crippen molar-refractivity contribution < 1.29 is 13.2 Å². The number of benzene rings is 1. The number of carbonyl (C=O) groups excluding carboxylic acids is 1. The second-order valence-corrected chi connectivity index (χ2v) is 8.87. The van der Waals surface area contributed by atoms with Crippen LogP contribution in [-0.4, -0.2) is 36.5 Å². The first-order valence-corrected chi connectivity index (χ1v) is 10.5. The van der Waals surface area contributed by atoms with E-state index < -0.39 is 9.84 Å². The predicted molar refractivity (Wildman–Crippen MR) is 102 cm³/mol. The van der Waals surface area contributed by atoms with Crippen molar-refractivity contribution in [3.05, 3.63) is 36.7 Å². The Balaban J connectivity index is 2.06. The molecule has 1 heterocycles. The molecule has 7 nitrogen and oxygen atoms in total. The number of para-hydroxylation sites is 1. The molecule has 1 unspecified atom stereocenters. The van der Waals surface area contributed by atoms with Crippen LogP contribution in [-0.2, 0) is 9.84 Å². The molecule has 0 aliphatic carbocycles. The average molecular weight is 378 g/mol. The molecule has 0 saturated carbocycles. The van der Waals surface area contributed by atoms with Gasteiger partial charge in [0.2, 0.25) is 0 Å². The summed E-state index contributed by atoms with van der Waals surface area (Å²) in [5.41, 5.74) is 0.927. The van der Waals surface area contributed by atoms with E-state index in [1.807, 2.05) is 6.92 Å². The standard InChI is InChI=1S/C18H26N4O3S/c1-13(2)9-10-14(3)20-18(23)21-15-11-19-22(12-15)16-7-5-6-8-17(16)26(4,24)25/h5-8,11-14H,9-10H2,1-4H3,(H2,20,21,23). The second-order valence-electron chi connectivity index (χ2n) is 6.88. The Morgan fingerprint density at radius 1 is 1.19 bits per heavy atom. The number of carbonyl (C=O) groups is 1. The van der Waals surface area contributed by atoms with Crippen LogP contribution in [0.3, 0.4) is 0 Å². The number of rotatable bonds is 7. The minimum atomic E-state index is -3.39. The third-order valence-electron chi connectivity index (χ3n) is 3.91. The molecule has 142 valence electrons. The number of nitrogens with one attached hydrogen (secondary N) is 2. The third-order valence-corrected chi connectivity index (χ3v) is 5.05.